The molecule has 1 heterocycles. The highest BCUT2D eigenvalue weighted by Gasteiger charge is 2.08. The van der Waals surface area contributed by atoms with E-state index in [0.717, 1.165) is 11.5 Å². The molecule has 0 atom stereocenters. The van der Waals surface area contributed by atoms with Crippen LogP contribution in [0.25, 0.3) is 0 Å². The number of anilines is 1. The fourth-order valence-corrected chi connectivity index (χ4v) is 2.05. The van der Waals surface area contributed by atoms with Crippen LogP contribution >= 0.6 is 0 Å². The zero-order valence-corrected chi connectivity index (χ0v) is 14.5. The maximum absolute atomic E-state index is 12.0. The van der Waals surface area contributed by atoms with Crippen molar-refractivity contribution in [1.82, 2.24) is 15.6 Å². The second kappa shape index (κ2) is 8.55. The van der Waals surface area contributed by atoms with Gasteiger partial charge in [0.15, 0.2) is 5.96 Å². The number of rotatable bonds is 5. The molecular formula is C18H21N5O2. The van der Waals surface area contributed by atoms with Crippen LogP contribution < -0.4 is 16.0 Å². The molecular weight excluding hydrogens is 318 g/mol. The van der Waals surface area contributed by atoms with E-state index in [9.17, 15) is 4.79 Å². The van der Waals surface area contributed by atoms with E-state index in [2.05, 4.69) is 31.8 Å². The molecule has 1 aromatic carbocycles. The number of benzene rings is 1. The van der Waals surface area contributed by atoms with Crippen molar-refractivity contribution >= 4 is 17.6 Å². The smallest absolute Gasteiger partial charge is 0.243 e. The van der Waals surface area contributed by atoms with Gasteiger partial charge in [0.05, 0.1) is 18.8 Å². The normalized spacial score (nSPS) is 10.9. The number of hydrogen-bond donors (Lipinski definition) is 3. The largest absolute Gasteiger partial charge is 0.444 e. The first-order valence-electron chi connectivity index (χ1n) is 7.75. The highest BCUT2D eigenvalue weighted by molar-refractivity contribution is 5.95. The first-order valence-corrected chi connectivity index (χ1v) is 7.75. The van der Waals surface area contributed by atoms with Crippen LogP contribution in [0, 0.1) is 26.2 Å². The summed E-state index contributed by atoms with van der Waals surface area (Å²) < 4.78 is 5.48. The molecule has 1 amide bonds. The van der Waals surface area contributed by atoms with Gasteiger partial charge in [-0.1, -0.05) is 12.0 Å². The third-order valence-corrected chi connectivity index (χ3v) is 3.43. The van der Waals surface area contributed by atoms with Gasteiger partial charge in [0.2, 0.25) is 11.8 Å². The second-order valence-corrected chi connectivity index (χ2v) is 5.30. The number of oxazole rings is 1. The molecule has 0 aliphatic heterocycles. The summed E-state index contributed by atoms with van der Waals surface area (Å²) in [6.07, 6.45) is 5.35. The van der Waals surface area contributed by atoms with Crippen LogP contribution in [0.15, 0.2) is 33.7 Å². The van der Waals surface area contributed by atoms with Gasteiger partial charge in [0.1, 0.15) is 5.76 Å². The first-order chi connectivity index (χ1) is 12.0. The second-order valence-electron chi connectivity index (χ2n) is 5.30. The van der Waals surface area contributed by atoms with Crippen molar-refractivity contribution in [3.63, 3.8) is 0 Å². The standard InChI is InChI=1S/C18H21N5O2/c1-5-14-7-6-8-15(9-14)23-16(24)10-20-18(19-4)21-11-17-22-12(2)13(3)25-17/h1,6-9H,10-11H2,2-4H3,(H,23,24)(H2,19,20,21). The van der Waals surface area contributed by atoms with E-state index in [1.54, 1.807) is 31.3 Å². The summed E-state index contributed by atoms with van der Waals surface area (Å²) >= 11 is 0. The van der Waals surface area contributed by atoms with Crippen molar-refractivity contribution in [2.75, 3.05) is 18.9 Å². The molecule has 0 aliphatic rings. The number of nitrogens with zero attached hydrogens (tertiary/aromatic N) is 2. The van der Waals surface area contributed by atoms with Crippen LogP contribution in [0.3, 0.4) is 0 Å². The number of terminal acetylenes is 1. The number of carbonyl (C=O) groups excluding carboxylic acids is 1. The maximum Gasteiger partial charge on any atom is 0.243 e. The summed E-state index contributed by atoms with van der Waals surface area (Å²) in [6.45, 7) is 4.18. The zero-order chi connectivity index (χ0) is 18.2. The average molecular weight is 339 g/mol. The van der Waals surface area contributed by atoms with E-state index < -0.39 is 0 Å². The van der Waals surface area contributed by atoms with Gasteiger partial charge in [-0.3, -0.25) is 9.79 Å². The first kappa shape index (κ1) is 18.1. The molecule has 0 aliphatic carbocycles. The lowest BCUT2D eigenvalue weighted by Crippen LogP contribution is -2.41. The fourth-order valence-electron chi connectivity index (χ4n) is 2.05. The van der Waals surface area contributed by atoms with Crippen molar-refractivity contribution in [2.24, 2.45) is 4.99 Å². The molecule has 0 saturated heterocycles. The Balaban J connectivity index is 1.81. The number of aryl methyl sites for hydroxylation is 2. The van der Waals surface area contributed by atoms with Gasteiger partial charge >= 0.3 is 0 Å². The summed E-state index contributed by atoms with van der Waals surface area (Å²) in [5.41, 5.74) is 2.21. The number of amides is 1. The fraction of sp³-hybridized carbons (Fsp3) is 0.278. The average Bonchev–Trinajstić information content (AvgIpc) is 2.93. The van der Waals surface area contributed by atoms with Crippen molar-refractivity contribution in [2.45, 2.75) is 20.4 Å². The van der Waals surface area contributed by atoms with Crippen LogP contribution in [0.2, 0.25) is 0 Å². The third-order valence-electron chi connectivity index (χ3n) is 3.43. The van der Waals surface area contributed by atoms with E-state index in [1.807, 2.05) is 13.8 Å². The maximum atomic E-state index is 12.0. The van der Waals surface area contributed by atoms with Crippen LogP contribution in [-0.2, 0) is 11.3 Å². The number of hydrogen-bond acceptors (Lipinski definition) is 4. The molecule has 0 spiro atoms. The van der Waals surface area contributed by atoms with E-state index in [0.29, 0.717) is 29.6 Å². The predicted octanol–water partition coefficient (Wildman–Crippen LogP) is 1.58. The van der Waals surface area contributed by atoms with Crippen LogP contribution in [0.4, 0.5) is 5.69 Å². The minimum atomic E-state index is -0.208. The summed E-state index contributed by atoms with van der Waals surface area (Å²) in [5, 5.41) is 8.74. The predicted molar refractivity (Wildman–Crippen MR) is 97.2 cm³/mol. The van der Waals surface area contributed by atoms with E-state index in [-0.39, 0.29) is 12.5 Å². The minimum Gasteiger partial charge on any atom is -0.444 e. The Morgan fingerprint density at radius 1 is 1.36 bits per heavy atom. The van der Waals surface area contributed by atoms with Crippen LogP contribution in [-0.4, -0.2) is 30.4 Å². The van der Waals surface area contributed by atoms with Gasteiger partial charge in [-0.2, -0.15) is 0 Å². The molecule has 0 fully saturated rings. The molecule has 3 N–H and O–H groups in total. The van der Waals surface area contributed by atoms with Crippen molar-refractivity contribution in [1.29, 1.82) is 0 Å². The minimum absolute atomic E-state index is 0.0591. The van der Waals surface area contributed by atoms with E-state index >= 15 is 0 Å². The number of aromatic nitrogens is 1. The molecule has 2 aromatic rings. The Morgan fingerprint density at radius 2 is 2.16 bits per heavy atom. The SMILES string of the molecule is C#Cc1cccc(NC(=O)CNC(=NC)NCc2nc(C)c(C)o2)c1. The number of carbonyl (C=O) groups is 1. The van der Waals surface area contributed by atoms with Gasteiger partial charge in [0.25, 0.3) is 0 Å². The van der Waals surface area contributed by atoms with Gasteiger partial charge < -0.3 is 20.4 Å². The molecule has 0 unspecified atom stereocenters. The Bertz CT molecular complexity index is 798. The zero-order valence-electron chi connectivity index (χ0n) is 14.5. The molecule has 7 nitrogen and oxygen atoms in total. The third kappa shape index (κ3) is 5.39. The molecule has 0 bridgehead atoms. The summed E-state index contributed by atoms with van der Waals surface area (Å²) in [7, 11) is 1.62. The lowest BCUT2D eigenvalue weighted by molar-refractivity contribution is -0.115. The molecule has 0 saturated carbocycles. The highest BCUT2D eigenvalue weighted by Crippen LogP contribution is 2.09. The Hall–Kier alpha value is -3.27. The monoisotopic (exact) mass is 339 g/mol. The number of guanidine groups is 1. The Morgan fingerprint density at radius 3 is 2.80 bits per heavy atom. The van der Waals surface area contributed by atoms with Gasteiger partial charge in [-0.25, -0.2) is 4.98 Å². The quantitative estimate of drug-likeness (QED) is 0.437. The highest BCUT2D eigenvalue weighted by atomic mass is 16.4. The molecule has 2 rings (SSSR count). The molecule has 130 valence electrons. The van der Waals surface area contributed by atoms with Gasteiger partial charge in [-0.15, -0.1) is 6.42 Å². The van der Waals surface area contributed by atoms with Crippen molar-refractivity contribution in [3.8, 4) is 12.3 Å². The number of nitrogens with one attached hydrogen (secondary N) is 3. The molecule has 7 heteroatoms. The van der Waals surface area contributed by atoms with Crippen LogP contribution in [0.1, 0.15) is 22.9 Å². The summed E-state index contributed by atoms with van der Waals surface area (Å²) in [4.78, 5) is 20.3. The summed E-state index contributed by atoms with van der Waals surface area (Å²) in [5.74, 6) is 4.14. The summed E-state index contributed by atoms with van der Waals surface area (Å²) in [6, 6.07) is 7.10. The van der Waals surface area contributed by atoms with Crippen molar-refractivity contribution < 1.29 is 9.21 Å². The molecule has 25 heavy (non-hydrogen) atoms. The van der Waals surface area contributed by atoms with Gasteiger partial charge in [0, 0.05) is 18.3 Å². The topological polar surface area (TPSA) is 91.5 Å². The van der Waals surface area contributed by atoms with Crippen molar-refractivity contribution in [3.05, 3.63) is 47.2 Å². The Kier molecular flexibility index (Phi) is 6.18. The lowest BCUT2D eigenvalue weighted by atomic mass is 10.2. The lowest BCUT2D eigenvalue weighted by Gasteiger charge is -2.11. The van der Waals surface area contributed by atoms with E-state index in [4.69, 9.17) is 10.8 Å². The Labute approximate surface area is 146 Å². The van der Waals surface area contributed by atoms with Crippen LogP contribution in [0.5, 0.6) is 0 Å². The molecule has 0 radical (unpaired) electrons. The van der Waals surface area contributed by atoms with E-state index in [1.165, 1.54) is 0 Å². The van der Waals surface area contributed by atoms with Gasteiger partial charge in [-0.05, 0) is 32.0 Å². The number of aliphatic imine (C=N–C) groups is 1. The molecule has 1 aromatic heterocycles.